The molecule has 1 aromatic carbocycles. The lowest BCUT2D eigenvalue weighted by atomic mass is 9.95. The van der Waals surface area contributed by atoms with Crippen LogP contribution in [0.15, 0.2) is 86.1 Å². The molecule has 34 heavy (non-hydrogen) atoms. The van der Waals surface area contributed by atoms with E-state index in [0.717, 1.165) is 33.0 Å². The molecule has 3 rings (SSSR count). The highest BCUT2D eigenvalue weighted by Crippen LogP contribution is 2.36. The molecule has 2 heterocycles. The highest BCUT2D eigenvalue weighted by atomic mass is 32.1. The van der Waals surface area contributed by atoms with E-state index >= 15 is 0 Å². The SMILES string of the molecule is C=C/C=C(/c1ccc(F)s1)c1cc(C(=C)c2cc(C(/C=C(/N)C=C)=C/C)c(F)cc2N)[nH]c1C. The molecule has 0 amide bonds. The first-order valence-electron chi connectivity index (χ1n) is 10.5. The zero-order valence-electron chi connectivity index (χ0n) is 19.2. The van der Waals surface area contributed by atoms with Gasteiger partial charge in [0.25, 0.3) is 0 Å². The van der Waals surface area contributed by atoms with Crippen molar-refractivity contribution in [2.24, 2.45) is 5.73 Å². The van der Waals surface area contributed by atoms with E-state index in [1.54, 1.807) is 37.3 Å². The number of benzene rings is 1. The van der Waals surface area contributed by atoms with Crippen molar-refractivity contribution in [3.8, 4) is 0 Å². The summed E-state index contributed by atoms with van der Waals surface area (Å²) in [5.41, 5.74) is 18.2. The number of allylic oxidation sites excluding steroid dienone is 6. The summed E-state index contributed by atoms with van der Waals surface area (Å²) in [4.78, 5) is 4.11. The summed E-state index contributed by atoms with van der Waals surface area (Å²) >= 11 is 1.06. The minimum absolute atomic E-state index is 0.262. The van der Waals surface area contributed by atoms with E-state index in [9.17, 15) is 8.78 Å². The molecule has 2 aromatic heterocycles. The standard InChI is InChI=1S/C28H27F2N3S/c1-6-9-20(27-10-11-28(30)34-27)22-14-26(33-17(22)5)16(4)21-13-23(24(29)15-25(21)32)18(7-2)12-19(31)8-3/h6-15,33H,1,3-4,31-32H2,2,5H3/b18-7+,19-12+,20-9+. The second-order valence-corrected chi connectivity index (χ2v) is 8.67. The number of nitrogen functional groups attached to an aromatic ring is 1. The summed E-state index contributed by atoms with van der Waals surface area (Å²) in [7, 11) is 0. The number of H-pyrrole nitrogens is 1. The molecular weight excluding hydrogens is 448 g/mol. The Morgan fingerprint density at radius 1 is 1.09 bits per heavy atom. The van der Waals surface area contributed by atoms with Crippen LogP contribution in [-0.4, -0.2) is 4.98 Å². The summed E-state index contributed by atoms with van der Waals surface area (Å²) in [6, 6.07) is 8.05. The van der Waals surface area contributed by atoms with Crippen LogP contribution in [0.5, 0.6) is 0 Å². The lowest BCUT2D eigenvalue weighted by Gasteiger charge is -2.13. The molecule has 0 radical (unpaired) electrons. The summed E-state index contributed by atoms with van der Waals surface area (Å²) in [6.45, 7) is 15.4. The Kier molecular flexibility index (Phi) is 7.54. The minimum Gasteiger partial charge on any atom is -0.399 e. The fourth-order valence-electron chi connectivity index (χ4n) is 3.65. The molecule has 0 aliphatic rings. The number of aryl methyl sites for hydroxylation is 1. The van der Waals surface area contributed by atoms with Crippen LogP contribution in [0.4, 0.5) is 14.5 Å². The number of hydrogen-bond donors (Lipinski definition) is 3. The lowest BCUT2D eigenvalue weighted by Crippen LogP contribution is -2.01. The van der Waals surface area contributed by atoms with Crippen molar-refractivity contribution < 1.29 is 8.78 Å². The maximum absolute atomic E-state index is 14.8. The monoisotopic (exact) mass is 475 g/mol. The molecule has 174 valence electrons. The van der Waals surface area contributed by atoms with Gasteiger partial charge < -0.3 is 16.5 Å². The summed E-state index contributed by atoms with van der Waals surface area (Å²) in [5, 5.41) is -0.264. The van der Waals surface area contributed by atoms with Gasteiger partial charge in [-0.25, -0.2) is 4.39 Å². The highest BCUT2D eigenvalue weighted by molar-refractivity contribution is 7.11. The minimum atomic E-state index is -0.463. The van der Waals surface area contributed by atoms with Crippen LogP contribution in [0.2, 0.25) is 0 Å². The third kappa shape index (κ3) is 5.02. The van der Waals surface area contributed by atoms with Crippen molar-refractivity contribution in [3.63, 3.8) is 0 Å². The fraction of sp³-hybridized carbons (Fsp3) is 0.0714. The van der Waals surface area contributed by atoms with E-state index in [-0.39, 0.29) is 10.8 Å². The number of halogens is 2. The van der Waals surface area contributed by atoms with Crippen molar-refractivity contribution in [1.82, 2.24) is 4.98 Å². The van der Waals surface area contributed by atoms with Crippen LogP contribution in [-0.2, 0) is 0 Å². The molecule has 6 heteroatoms. The Bertz CT molecular complexity index is 1370. The fourth-order valence-corrected chi connectivity index (χ4v) is 4.42. The molecule has 0 unspecified atom stereocenters. The first kappa shape index (κ1) is 24.7. The first-order chi connectivity index (χ1) is 16.2. The van der Waals surface area contributed by atoms with Crippen LogP contribution < -0.4 is 11.5 Å². The highest BCUT2D eigenvalue weighted by Gasteiger charge is 2.18. The molecule has 0 saturated heterocycles. The van der Waals surface area contributed by atoms with Gasteiger partial charge in [0, 0.05) is 55.5 Å². The number of aromatic nitrogens is 1. The molecule has 0 fully saturated rings. The van der Waals surface area contributed by atoms with Crippen molar-refractivity contribution in [2.45, 2.75) is 13.8 Å². The molecule has 3 nitrogen and oxygen atoms in total. The van der Waals surface area contributed by atoms with Gasteiger partial charge in [-0.05, 0) is 61.9 Å². The van der Waals surface area contributed by atoms with E-state index in [4.69, 9.17) is 11.5 Å². The van der Waals surface area contributed by atoms with E-state index in [1.807, 2.05) is 19.1 Å². The quantitative estimate of drug-likeness (QED) is 0.235. The van der Waals surface area contributed by atoms with Gasteiger partial charge in [-0.15, -0.1) is 11.3 Å². The summed E-state index contributed by atoms with van der Waals surface area (Å²) < 4.78 is 28.5. The van der Waals surface area contributed by atoms with Gasteiger partial charge in [0.05, 0.1) is 0 Å². The second kappa shape index (κ2) is 10.4. The molecule has 0 spiro atoms. The number of anilines is 1. The zero-order valence-corrected chi connectivity index (χ0v) is 20.0. The van der Waals surface area contributed by atoms with Crippen LogP contribution in [0.25, 0.3) is 16.7 Å². The Labute approximate surface area is 202 Å². The maximum Gasteiger partial charge on any atom is 0.176 e. The smallest absolute Gasteiger partial charge is 0.176 e. The number of hydrogen-bond acceptors (Lipinski definition) is 3. The molecule has 0 aliphatic heterocycles. The number of rotatable bonds is 8. The predicted octanol–water partition coefficient (Wildman–Crippen LogP) is 7.36. The Balaban J connectivity index is 2.08. The van der Waals surface area contributed by atoms with Gasteiger partial charge >= 0.3 is 0 Å². The number of nitrogens with two attached hydrogens (primary N) is 2. The topological polar surface area (TPSA) is 67.8 Å². The van der Waals surface area contributed by atoms with Gasteiger partial charge in [-0.2, -0.15) is 4.39 Å². The number of aromatic amines is 1. The molecule has 0 atom stereocenters. The van der Waals surface area contributed by atoms with Gasteiger partial charge in [-0.1, -0.05) is 38.0 Å². The van der Waals surface area contributed by atoms with Crippen LogP contribution >= 0.6 is 11.3 Å². The Morgan fingerprint density at radius 3 is 2.41 bits per heavy atom. The third-order valence-corrected chi connectivity index (χ3v) is 6.30. The Morgan fingerprint density at radius 2 is 1.82 bits per heavy atom. The lowest BCUT2D eigenvalue weighted by molar-refractivity contribution is 0.625. The van der Waals surface area contributed by atoms with E-state index in [2.05, 4.69) is 24.7 Å². The normalized spacial score (nSPS) is 12.6. The molecular formula is C28H27F2N3S. The summed E-state index contributed by atoms with van der Waals surface area (Å²) in [6.07, 6.45) is 8.42. The van der Waals surface area contributed by atoms with Crippen molar-refractivity contribution in [1.29, 1.82) is 0 Å². The van der Waals surface area contributed by atoms with Crippen LogP contribution in [0.1, 0.15) is 39.9 Å². The molecule has 5 N–H and O–H groups in total. The van der Waals surface area contributed by atoms with Gasteiger partial charge in [0.15, 0.2) is 5.13 Å². The van der Waals surface area contributed by atoms with Gasteiger partial charge in [-0.3, -0.25) is 0 Å². The molecule has 3 aromatic rings. The Hall–Kier alpha value is -3.90. The average molecular weight is 476 g/mol. The average Bonchev–Trinajstić information content (AvgIpc) is 3.41. The van der Waals surface area contributed by atoms with Crippen LogP contribution in [0, 0.1) is 17.9 Å². The van der Waals surface area contributed by atoms with E-state index in [0.29, 0.717) is 33.7 Å². The van der Waals surface area contributed by atoms with Crippen molar-refractivity contribution in [3.05, 3.63) is 130 Å². The molecule has 0 aliphatic carbocycles. The van der Waals surface area contributed by atoms with Crippen LogP contribution in [0.3, 0.4) is 0 Å². The predicted molar refractivity (Wildman–Crippen MR) is 142 cm³/mol. The zero-order chi connectivity index (χ0) is 25.0. The van der Waals surface area contributed by atoms with Gasteiger partial charge in [0.1, 0.15) is 5.82 Å². The van der Waals surface area contributed by atoms with Crippen molar-refractivity contribution in [2.75, 3.05) is 5.73 Å². The van der Waals surface area contributed by atoms with E-state index < -0.39 is 5.82 Å². The largest absolute Gasteiger partial charge is 0.399 e. The first-order valence-corrected chi connectivity index (χ1v) is 11.3. The number of nitrogens with one attached hydrogen (secondary N) is 1. The maximum atomic E-state index is 14.8. The number of thiophene rings is 1. The van der Waals surface area contributed by atoms with Crippen molar-refractivity contribution >= 4 is 33.7 Å². The second-order valence-electron chi connectivity index (χ2n) is 7.63. The summed E-state index contributed by atoms with van der Waals surface area (Å²) in [5.74, 6) is -0.463. The third-order valence-electron chi connectivity index (χ3n) is 5.40. The van der Waals surface area contributed by atoms with Gasteiger partial charge in [0.2, 0.25) is 0 Å². The molecule has 0 saturated carbocycles. The molecule has 0 bridgehead atoms. The van der Waals surface area contributed by atoms with E-state index in [1.165, 1.54) is 18.2 Å².